The molecule has 1 rings (SSSR count). The van der Waals surface area contributed by atoms with Gasteiger partial charge in [0.05, 0.1) is 4.90 Å². The van der Waals surface area contributed by atoms with Crippen LogP contribution in [-0.2, 0) is 15.4 Å². The third kappa shape index (κ3) is 4.32. The van der Waals surface area contributed by atoms with Crippen molar-refractivity contribution in [2.45, 2.75) is 51.9 Å². The third-order valence-electron chi connectivity index (χ3n) is 3.03. The summed E-state index contributed by atoms with van der Waals surface area (Å²) < 4.78 is 27.3. The summed E-state index contributed by atoms with van der Waals surface area (Å²) in [6.45, 7) is 12.5. The molecule has 0 bridgehead atoms. The average Bonchev–Trinajstić information content (AvgIpc) is 2.25. The summed E-state index contributed by atoms with van der Waals surface area (Å²) in [4.78, 5) is 0.389. The Morgan fingerprint density at radius 3 is 2.26 bits per heavy atom. The van der Waals surface area contributed by atoms with E-state index in [0.717, 1.165) is 11.1 Å². The lowest BCUT2D eigenvalue weighted by molar-refractivity contribution is 0.557. The highest BCUT2D eigenvalue weighted by Gasteiger charge is 2.21. The van der Waals surface area contributed by atoms with Crippen LogP contribution in [0.15, 0.2) is 23.1 Å². The zero-order chi connectivity index (χ0) is 14.8. The number of hydrogen-bond acceptors (Lipinski definition) is 2. The highest BCUT2D eigenvalue weighted by atomic mass is 32.2. The monoisotopic (exact) mass is 283 g/mol. The van der Waals surface area contributed by atoms with E-state index in [2.05, 4.69) is 25.5 Å². The summed E-state index contributed by atoms with van der Waals surface area (Å²) in [6, 6.07) is 5.67. The van der Waals surface area contributed by atoms with Crippen LogP contribution in [0.2, 0.25) is 0 Å². The van der Waals surface area contributed by atoms with Gasteiger partial charge in [-0.15, -0.1) is 0 Å². The van der Waals surface area contributed by atoms with Crippen LogP contribution in [-0.4, -0.2) is 15.0 Å². The second kappa shape index (κ2) is 5.63. The SMILES string of the molecule is Cc1ccc(C(C)(C)C)cc1S(=O)(=O)NCC(C)C. The number of benzene rings is 1. The molecule has 0 saturated heterocycles. The van der Waals surface area contributed by atoms with Gasteiger partial charge in [0, 0.05) is 6.54 Å². The van der Waals surface area contributed by atoms with Crippen LogP contribution in [0.5, 0.6) is 0 Å². The van der Waals surface area contributed by atoms with E-state index in [-0.39, 0.29) is 5.41 Å². The number of nitrogens with one attached hydrogen (secondary N) is 1. The maximum atomic E-state index is 12.3. The van der Waals surface area contributed by atoms with Gasteiger partial charge in [0.15, 0.2) is 0 Å². The minimum Gasteiger partial charge on any atom is -0.211 e. The van der Waals surface area contributed by atoms with Crippen LogP contribution < -0.4 is 4.72 Å². The van der Waals surface area contributed by atoms with Crippen LogP contribution in [0.1, 0.15) is 45.7 Å². The van der Waals surface area contributed by atoms with E-state index in [1.54, 1.807) is 6.07 Å². The van der Waals surface area contributed by atoms with Crippen molar-refractivity contribution in [3.05, 3.63) is 29.3 Å². The lowest BCUT2D eigenvalue weighted by Crippen LogP contribution is -2.28. The molecule has 108 valence electrons. The number of aryl methyl sites for hydroxylation is 1. The summed E-state index contributed by atoms with van der Waals surface area (Å²) in [6.07, 6.45) is 0. The maximum Gasteiger partial charge on any atom is 0.240 e. The van der Waals surface area contributed by atoms with E-state index in [1.807, 2.05) is 32.9 Å². The van der Waals surface area contributed by atoms with E-state index >= 15 is 0 Å². The van der Waals surface area contributed by atoms with Gasteiger partial charge in [-0.2, -0.15) is 0 Å². The van der Waals surface area contributed by atoms with E-state index in [9.17, 15) is 8.42 Å². The molecule has 0 unspecified atom stereocenters. The number of hydrogen-bond donors (Lipinski definition) is 1. The van der Waals surface area contributed by atoms with Gasteiger partial charge in [0.25, 0.3) is 0 Å². The van der Waals surface area contributed by atoms with Gasteiger partial charge in [0.2, 0.25) is 10.0 Å². The van der Waals surface area contributed by atoms with Crippen LogP contribution >= 0.6 is 0 Å². The normalized spacial score (nSPS) is 13.0. The predicted octanol–water partition coefficient (Wildman–Crippen LogP) is 3.23. The Balaban J connectivity index is 3.19. The van der Waals surface area contributed by atoms with Crippen molar-refractivity contribution in [1.29, 1.82) is 0 Å². The minimum atomic E-state index is -3.42. The van der Waals surface area contributed by atoms with Gasteiger partial charge in [0.1, 0.15) is 0 Å². The molecule has 0 fully saturated rings. The molecule has 0 spiro atoms. The molecular formula is C15H25NO2S. The molecule has 0 atom stereocenters. The van der Waals surface area contributed by atoms with Crippen molar-refractivity contribution in [2.24, 2.45) is 5.92 Å². The van der Waals surface area contributed by atoms with Gasteiger partial charge >= 0.3 is 0 Å². The van der Waals surface area contributed by atoms with Gasteiger partial charge in [-0.25, -0.2) is 13.1 Å². The Bertz CT molecular complexity index is 540. The Morgan fingerprint density at radius 2 is 1.79 bits per heavy atom. The largest absolute Gasteiger partial charge is 0.240 e. The van der Waals surface area contributed by atoms with E-state index < -0.39 is 10.0 Å². The highest BCUT2D eigenvalue weighted by molar-refractivity contribution is 7.89. The number of sulfonamides is 1. The minimum absolute atomic E-state index is 0.0595. The Hall–Kier alpha value is -0.870. The molecule has 0 aliphatic heterocycles. The Morgan fingerprint density at radius 1 is 1.21 bits per heavy atom. The zero-order valence-corrected chi connectivity index (χ0v) is 13.6. The van der Waals surface area contributed by atoms with Crippen molar-refractivity contribution < 1.29 is 8.42 Å². The van der Waals surface area contributed by atoms with Crippen LogP contribution in [0.4, 0.5) is 0 Å². The quantitative estimate of drug-likeness (QED) is 0.922. The fourth-order valence-corrected chi connectivity index (χ4v) is 3.19. The summed E-state index contributed by atoms with van der Waals surface area (Å²) in [5, 5.41) is 0. The van der Waals surface area contributed by atoms with Gasteiger partial charge in [-0.3, -0.25) is 0 Å². The van der Waals surface area contributed by atoms with Crippen molar-refractivity contribution in [3.63, 3.8) is 0 Å². The van der Waals surface area contributed by atoms with E-state index in [1.165, 1.54) is 0 Å². The average molecular weight is 283 g/mol. The standard InChI is InChI=1S/C15H25NO2S/c1-11(2)10-16-19(17,18)14-9-13(15(4,5)6)8-7-12(14)3/h7-9,11,16H,10H2,1-6H3. The van der Waals surface area contributed by atoms with Crippen molar-refractivity contribution in [3.8, 4) is 0 Å². The second-order valence-corrected chi connectivity index (χ2v) is 8.21. The van der Waals surface area contributed by atoms with Gasteiger partial charge in [-0.1, -0.05) is 46.8 Å². The summed E-state index contributed by atoms with van der Waals surface area (Å²) in [5.74, 6) is 0.292. The highest BCUT2D eigenvalue weighted by Crippen LogP contribution is 2.26. The third-order valence-corrected chi connectivity index (χ3v) is 4.59. The van der Waals surface area contributed by atoms with Crippen LogP contribution in [0.3, 0.4) is 0 Å². The first kappa shape index (κ1) is 16.2. The van der Waals surface area contributed by atoms with Crippen molar-refractivity contribution in [1.82, 2.24) is 4.72 Å². The molecule has 4 heteroatoms. The summed E-state index contributed by atoms with van der Waals surface area (Å²) in [7, 11) is -3.42. The van der Waals surface area contributed by atoms with Crippen LogP contribution in [0, 0.1) is 12.8 Å². The summed E-state index contributed by atoms with van der Waals surface area (Å²) in [5.41, 5.74) is 1.75. The Kier molecular flexibility index (Phi) is 4.80. The van der Waals surface area contributed by atoms with E-state index in [0.29, 0.717) is 17.4 Å². The van der Waals surface area contributed by atoms with E-state index in [4.69, 9.17) is 0 Å². The first-order valence-corrected chi connectivity index (χ1v) is 8.13. The molecule has 0 radical (unpaired) electrons. The first-order chi connectivity index (χ1) is 8.54. The fraction of sp³-hybridized carbons (Fsp3) is 0.600. The molecule has 1 N–H and O–H groups in total. The smallest absolute Gasteiger partial charge is 0.211 e. The fourth-order valence-electron chi connectivity index (χ4n) is 1.71. The molecule has 3 nitrogen and oxygen atoms in total. The molecule has 0 saturated carbocycles. The van der Waals surface area contributed by atoms with Gasteiger partial charge in [-0.05, 0) is 35.4 Å². The molecule has 19 heavy (non-hydrogen) atoms. The molecule has 0 aromatic heterocycles. The molecule has 0 aliphatic carbocycles. The van der Waals surface area contributed by atoms with Crippen molar-refractivity contribution in [2.75, 3.05) is 6.54 Å². The maximum absolute atomic E-state index is 12.3. The molecule has 0 amide bonds. The van der Waals surface area contributed by atoms with Crippen molar-refractivity contribution >= 4 is 10.0 Å². The Labute approximate surface area is 117 Å². The van der Waals surface area contributed by atoms with Gasteiger partial charge < -0.3 is 0 Å². The topological polar surface area (TPSA) is 46.2 Å². The lowest BCUT2D eigenvalue weighted by atomic mass is 9.87. The zero-order valence-electron chi connectivity index (χ0n) is 12.7. The van der Waals surface area contributed by atoms with Crippen LogP contribution in [0.25, 0.3) is 0 Å². The molecular weight excluding hydrogens is 258 g/mol. The molecule has 0 heterocycles. The molecule has 1 aromatic carbocycles. The summed E-state index contributed by atoms with van der Waals surface area (Å²) >= 11 is 0. The lowest BCUT2D eigenvalue weighted by Gasteiger charge is -2.21. The predicted molar refractivity (Wildman–Crippen MR) is 79.9 cm³/mol. The first-order valence-electron chi connectivity index (χ1n) is 6.65. The molecule has 1 aromatic rings. The second-order valence-electron chi connectivity index (χ2n) is 6.48. The number of rotatable bonds is 4. The molecule has 0 aliphatic rings.